The van der Waals surface area contributed by atoms with Crippen molar-refractivity contribution in [2.75, 3.05) is 16.3 Å². The molecule has 0 unspecified atom stereocenters. The Hall–Kier alpha value is -3.05. The Morgan fingerprint density at radius 3 is 2.92 bits per heavy atom. The lowest BCUT2D eigenvalue weighted by Gasteiger charge is -2.13. The third-order valence-corrected chi connectivity index (χ3v) is 3.81. The van der Waals surface area contributed by atoms with Crippen LogP contribution in [-0.4, -0.2) is 16.2 Å². The molecule has 3 aromatic rings. The van der Waals surface area contributed by atoms with Crippen LogP contribution in [0.4, 0.5) is 21.5 Å². The molecule has 0 atom stereocenters. The zero-order chi connectivity index (χ0) is 17.1. The molecule has 0 saturated heterocycles. The van der Waals surface area contributed by atoms with E-state index in [1.54, 1.807) is 24.5 Å². The zero-order valence-electron chi connectivity index (χ0n) is 12.6. The summed E-state index contributed by atoms with van der Waals surface area (Å²) in [6.45, 7) is 0. The summed E-state index contributed by atoms with van der Waals surface area (Å²) in [5, 5.41) is 12.6. The summed E-state index contributed by atoms with van der Waals surface area (Å²) in [5.74, 6) is -0.557. The predicted molar refractivity (Wildman–Crippen MR) is 93.9 cm³/mol. The van der Waals surface area contributed by atoms with E-state index in [9.17, 15) is 14.4 Å². The van der Waals surface area contributed by atoms with Crippen LogP contribution in [0.25, 0.3) is 10.9 Å². The fraction of sp³-hybridized carbons (Fsp3) is 0.0625. The molecule has 3 rings (SSSR count). The molecule has 8 heteroatoms. The Morgan fingerprint density at radius 2 is 2.17 bits per heavy atom. The third kappa shape index (κ3) is 2.89. The molecule has 24 heavy (non-hydrogen) atoms. The molecule has 1 heterocycles. The van der Waals surface area contributed by atoms with Gasteiger partial charge in [-0.2, -0.15) is 5.26 Å². The Balaban J connectivity index is 2.08. The quantitative estimate of drug-likeness (QED) is 0.630. The zero-order valence-corrected chi connectivity index (χ0v) is 13.4. The summed E-state index contributed by atoms with van der Waals surface area (Å²) in [6, 6.07) is 9.67. The van der Waals surface area contributed by atoms with E-state index in [1.165, 1.54) is 30.4 Å². The van der Waals surface area contributed by atoms with E-state index in [0.29, 0.717) is 22.3 Å². The molecule has 6 nitrogen and oxygen atoms in total. The van der Waals surface area contributed by atoms with Crippen molar-refractivity contribution in [3.05, 3.63) is 58.4 Å². The molecule has 0 saturated carbocycles. The van der Waals surface area contributed by atoms with Crippen molar-refractivity contribution in [3.8, 4) is 6.07 Å². The first-order chi connectivity index (χ1) is 11.6. The maximum Gasteiger partial charge on any atom is 0.258 e. The Bertz CT molecular complexity index is 1010. The van der Waals surface area contributed by atoms with Crippen molar-refractivity contribution in [3.63, 3.8) is 0 Å². The van der Waals surface area contributed by atoms with Gasteiger partial charge in [-0.3, -0.25) is 4.79 Å². The average molecular weight is 341 g/mol. The van der Waals surface area contributed by atoms with E-state index in [2.05, 4.69) is 20.0 Å². The van der Waals surface area contributed by atoms with Gasteiger partial charge in [0.1, 0.15) is 17.4 Å². The van der Waals surface area contributed by atoms with Crippen molar-refractivity contribution in [2.24, 2.45) is 0 Å². The van der Waals surface area contributed by atoms with Crippen molar-refractivity contribution in [1.29, 1.82) is 5.26 Å². The number of fused-ring (bicyclic) bond motifs is 1. The second-order valence-corrected chi connectivity index (χ2v) is 5.46. The lowest BCUT2D eigenvalue weighted by molar-refractivity contribution is 0.631. The van der Waals surface area contributed by atoms with Gasteiger partial charge in [0.05, 0.1) is 28.6 Å². The first-order valence-corrected chi connectivity index (χ1v) is 8.12. The van der Waals surface area contributed by atoms with Gasteiger partial charge in [0.2, 0.25) is 0 Å². The van der Waals surface area contributed by atoms with Crippen LogP contribution in [-0.2, 0) is 0 Å². The van der Waals surface area contributed by atoms with Crippen molar-refractivity contribution >= 4 is 39.9 Å². The third-order valence-electron chi connectivity index (χ3n) is 3.39. The number of hydrogen-bond donors (Lipinski definition) is 3. The van der Waals surface area contributed by atoms with Crippen molar-refractivity contribution in [1.82, 2.24) is 9.97 Å². The topological polar surface area (TPSA) is 93.6 Å². The van der Waals surface area contributed by atoms with Crippen LogP contribution in [0.2, 0.25) is 0 Å². The van der Waals surface area contributed by atoms with Crippen molar-refractivity contribution < 1.29 is 4.39 Å². The molecule has 0 aliphatic heterocycles. The molecule has 3 N–H and O–H groups in total. The van der Waals surface area contributed by atoms with Gasteiger partial charge in [0.25, 0.3) is 5.56 Å². The number of halogens is 1. The Labute approximate surface area is 140 Å². The van der Waals surface area contributed by atoms with E-state index in [4.69, 9.17) is 0 Å². The number of H-pyrrole nitrogens is 1. The Kier molecular flexibility index (Phi) is 4.35. The summed E-state index contributed by atoms with van der Waals surface area (Å²) in [6.07, 6.45) is 3.13. The summed E-state index contributed by atoms with van der Waals surface area (Å²) in [7, 11) is 0. The fourth-order valence-corrected chi connectivity index (χ4v) is 2.69. The highest BCUT2D eigenvalue weighted by Gasteiger charge is 2.14. The van der Waals surface area contributed by atoms with Gasteiger partial charge >= 0.3 is 0 Å². The van der Waals surface area contributed by atoms with Crippen LogP contribution in [0.3, 0.4) is 0 Å². The van der Waals surface area contributed by atoms with Gasteiger partial charge in [-0.05, 0) is 30.3 Å². The normalized spacial score (nSPS) is 10.4. The van der Waals surface area contributed by atoms with Crippen LogP contribution in [0.1, 0.15) is 5.56 Å². The summed E-state index contributed by atoms with van der Waals surface area (Å²) in [5.41, 5.74) is 1.44. The van der Waals surface area contributed by atoms with Gasteiger partial charge in [-0.25, -0.2) is 9.37 Å². The molecule has 0 bridgehead atoms. The standard InChI is InChI=1S/C16H12FN5OS/c1-24-22-14-5-3-12(17)15(11(14)7-18)21-9-2-4-13-10(6-9)16(23)20-8-19-13/h2-6,8,21-22H,1H3,(H,19,20,23). The number of hydrogen-bond acceptors (Lipinski definition) is 6. The summed E-state index contributed by atoms with van der Waals surface area (Å²) >= 11 is 1.30. The number of aromatic amines is 1. The molecule has 0 aliphatic rings. The number of nitriles is 1. The Morgan fingerprint density at radius 1 is 1.33 bits per heavy atom. The smallest absolute Gasteiger partial charge is 0.258 e. The fourth-order valence-electron chi connectivity index (χ4n) is 2.30. The monoisotopic (exact) mass is 341 g/mol. The lowest BCUT2D eigenvalue weighted by atomic mass is 10.1. The SMILES string of the molecule is CSNc1ccc(F)c(Nc2ccc3nc[nH]c(=O)c3c2)c1C#N. The number of anilines is 3. The van der Waals surface area contributed by atoms with Gasteiger partial charge in [0, 0.05) is 11.9 Å². The first kappa shape index (κ1) is 15.8. The number of benzene rings is 2. The summed E-state index contributed by atoms with van der Waals surface area (Å²) < 4.78 is 17.1. The van der Waals surface area contributed by atoms with Crippen LogP contribution in [0, 0.1) is 17.1 Å². The highest BCUT2D eigenvalue weighted by atomic mass is 32.2. The molecule has 0 radical (unpaired) electrons. The van der Waals surface area contributed by atoms with Crippen LogP contribution in [0.5, 0.6) is 0 Å². The molecule has 120 valence electrons. The highest BCUT2D eigenvalue weighted by Crippen LogP contribution is 2.31. The van der Waals surface area contributed by atoms with Crippen LogP contribution in [0.15, 0.2) is 41.5 Å². The number of rotatable bonds is 4. The molecule has 0 fully saturated rings. The van der Waals surface area contributed by atoms with Crippen LogP contribution < -0.4 is 15.6 Å². The van der Waals surface area contributed by atoms with Gasteiger partial charge < -0.3 is 15.0 Å². The minimum Gasteiger partial charge on any atom is -0.352 e. The minimum atomic E-state index is -0.557. The predicted octanol–water partition coefficient (Wildman–Crippen LogP) is 3.37. The summed E-state index contributed by atoms with van der Waals surface area (Å²) in [4.78, 5) is 18.4. The molecule has 0 aliphatic carbocycles. The largest absolute Gasteiger partial charge is 0.352 e. The van der Waals surface area contributed by atoms with Gasteiger partial charge in [-0.1, -0.05) is 11.9 Å². The van der Waals surface area contributed by atoms with E-state index >= 15 is 0 Å². The highest BCUT2D eigenvalue weighted by molar-refractivity contribution is 7.99. The van der Waals surface area contributed by atoms with Gasteiger partial charge in [0.15, 0.2) is 0 Å². The van der Waals surface area contributed by atoms with E-state index in [-0.39, 0.29) is 16.8 Å². The van der Waals surface area contributed by atoms with E-state index in [0.717, 1.165) is 0 Å². The maximum atomic E-state index is 14.2. The van der Waals surface area contributed by atoms with Crippen molar-refractivity contribution in [2.45, 2.75) is 0 Å². The molecular formula is C16H12FN5OS. The second kappa shape index (κ2) is 6.60. The molecular weight excluding hydrogens is 329 g/mol. The second-order valence-electron chi connectivity index (χ2n) is 4.85. The van der Waals surface area contributed by atoms with Gasteiger partial charge in [-0.15, -0.1) is 0 Å². The maximum absolute atomic E-state index is 14.2. The van der Waals surface area contributed by atoms with Crippen LogP contribution >= 0.6 is 11.9 Å². The number of aromatic nitrogens is 2. The molecule has 2 aromatic carbocycles. The molecule has 0 amide bonds. The average Bonchev–Trinajstić information content (AvgIpc) is 2.59. The molecule has 0 spiro atoms. The first-order valence-electron chi connectivity index (χ1n) is 6.90. The lowest BCUT2D eigenvalue weighted by Crippen LogP contribution is -2.07. The number of nitrogens with zero attached hydrogens (tertiary/aromatic N) is 2. The van der Waals surface area contributed by atoms with E-state index < -0.39 is 5.82 Å². The minimum absolute atomic E-state index is 0.0521. The van der Waals surface area contributed by atoms with E-state index in [1.807, 2.05) is 6.07 Å². The molecule has 1 aromatic heterocycles. The number of nitrogens with one attached hydrogen (secondary N) is 3.